The number of aromatic amines is 1. The number of para-hydroxylation sites is 2. The van der Waals surface area contributed by atoms with Gasteiger partial charge in [0.1, 0.15) is 6.61 Å². The number of aromatic nitrogens is 2. The van der Waals surface area contributed by atoms with Crippen molar-refractivity contribution in [1.82, 2.24) is 14.9 Å². The molecule has 0 fully saturated rings. The summed E-state index contributed by atoms with van der Waals surface area (Å²) in [5.74, 6) is 1.40. The number of hydrogen-bond donors (Lipinski definition) is 1. The van der Waals surface area contributed by atoms with Crippen LogP contribution in [0.15, 0.2) is 48.8 Å². The van der Waals surface area contributed by atoms with Crippen LogP contribution in [0.2, 0.25) is 0 Å². The van der Waals surface area contributed by atoms with E-state index in [4.69, 9.17) is 9.47 Å². The van der Waals surface area contributed by atoms with Crippen molar-refractivity contribution < 1.29 is 14.3 Å². The first kappa shape index (κ1) is 14.6. The monoisotopic (exact) mass is 323 g/mol. The van der Waals surface area contributed by atoms with Crippen LogP contribution >= 0.6 is 0 Å². The van der Waals surface area contributed by atoms with Crippen LogP contribution < -0.4 is 9.47 Å². The predicted octanol–water partition coefficient (Wildman–Crippen LogP) is 2.47. The molecule has 0 saturated carbocycles. The second-order valence-electron chi connectivity index (χ2n) is 5.82. The van der Waals surface area contributed by atoms with E-state index in [0.717, 1.165) is 16.8 Å². The molecule has 4 rings (SSSR count). The summed E-state index contributed by atoms with van der Waals surface area (Å²) in [4.78, 5) is 21.5. The molecule has 0 spiro atoms. The minimum absolute atomic E-state index is 0.0611. The molecular weight excluding hydrogens is 306 g/mol. The maximum atomic E-state index is 12.6. The van der Waals surface area contributed by atoms with Gasteiger partial charge >= 0.3 is 0 Å². The molecule has 24 heavy (non-hydrogen) atoms. The predicted molar refractivity (Wildman–Crippen MR) is 89.4 cm³/mol. The third-order valence-corrected chi connectivity index (χ3v) is 4.06. The Morgan fingerprint density at radius 1 is 1.29 bits per heavy atom. The van der Waals surface area contributed by atoms with Gasteiger partial charge < -0.3 is 19.4 Å². The number of amides is 1. The molecule has 0 bridgehead atoms. The van der Waals surface area contributed by atoms with Crippen LogP contribution in [-0.4, -0.2) is 47.1 Å². The third-order valence-electron chi connectivity index (χ3n) is 4.06. The second-order valence-corrected chi connectivity index (χ2v) is 5.82. The number of likely N-dealkylation sites (N-methyl/N-ethyl adjacent to an activating group) is 1. The number of nitrogens with zero attached hydrogens (tertiary/aromatic N) is 2. The highest BCUT2D eigenvalue weighted by Crippen LogP contribution is 2.31. The standard InChI is InChI=1S/C18H17N3O3/c1-21(9-13-10-23-16-4-2-3-5-17(16)24-13)18(22)12-6-7-14-15(8-12)20-11-19-14/h2-8,11,13H,9-10H2,1H3,(H,19,20). The van der Waals surface area contributed by atoms with E-state index in [9.17, 15) is 4.79 Å². The van der Waals surface area contributed by atoms with Gasteiger partial charge in [0.15, 0.2) is 17.6 Å². The molecule has 0 aliphatic carbocycles. The Labute approximate surface area is 139 Å². The number of rotatable bonds is 3. The molecule has 122 valence electrons. The number of benzene rings is 2. The van der Waals surface area contributed by atoms with E-state index in [1.165, 1.54) is 0 Å². The van der Waals surface area contributed by atoms with Crippen molar-refractivity contribution in [3.63, 3.8) is 0 Å². The number of nitrogens with one attached hydrogen (secondary N) is 1. The van der Waals surface area contributed by atoms with Crippen molar-refractivity contribution in [2.24, 2.45) is 0 Å². The summed E-state index contributed by atoms with van der Waals surface area (Å²) >= 11 is 0. The molecule has 1 N–H and O–H groups in total. The molecule has 1 amide bonds. The highest BCUT2D eigenvalue weighted by molar-refractivity contribution is 5.97. The topological polar surface area (TPSA) is 67.5 Å². The quantitative estimate of drug-likeness (QED) is 0.804. The molecule has 6 nitrogen and oxygen atoms in total. The van der Waals surface area contributed by atoms with Crippen molar-refractivity contribution >= 4 is 16.9 Å². The first-order chi connectivity index (χ1) is 11.7. The highest BCUT2D eigenvalue weighted by Gasteiger charge is 2.24. The lowest BCUT2D eigenvalue weighted by Crippen LogP contribution is -2.41. The minimum atomic E-state index is -0.190. The van der Waals surface area contributed by atoms with Crippen molar-refractivity contribution in [1.29, 1.82) is 0 Å². The number of fused-ring (bicyclic) bond motifs is 2. The van der Waals surface area contributed by atoms with Gasteiger partial charge in [-0.05, 0) is 30.3 Å². The largest absolute Gasteiger partial charge is 0.486 e. The van der Waals surface area contributed by atoms with E-state index in [0.29, 0.717) is 24.5 Å². The van der Waals surface area contributed by atoms with E-state index in [2.05, 4.69) is 9.97 Å². The maximum absolute atomic E-state index is 12.6. The zero-order valence-corrected chi connectivity index (χ0v) is 13.2. The molecule has 0 radical (unpaired) electrons. The summed E-state index contributed by atoms with van der Waals surface area (Å²) in [6.07, 6.45) is 1.43. The first-order valence-corrected chi connectivity index (χ1v) is 7.78. The van der Waals surface area contributed by atoms with Gasteiger partial charge in [-0.15, -0.1) is 0 Å². The van der Waals surface area contributed by atoms with Crippen LogP contribution in [0.3, 0.4) is 0 Å². The van der Waals surface area contributed by atoms with Crippen LogP contribution in [-0.2, 0) is 0 Å². The van der Waals surface area contributed by atoms with Gasteiger partial charge in [-0.3, -0.25) is 4.79 Å². The van der Waals surface area contributed by atoms with Gasteiger partial charge in [0, 0.05) is 12.6 Å². The number of H-pyrrole nitrogens is 1. The normalized spacial score (nSPS) is 16.1. The van der Waals surface area contributed by atoms with E-state index >= 15 is 0 Å². The second kappa shape index (κ2) is 5.88. The zero-order chi connectivity index (χ0) is 16.5. The Hall–Kier alpha value is -3.02. The number of carbonyl (C=O) groups excluding carboxylic acids is 1. The Morgan fingerprint density at radius 3 is 3.00 bits per heavy atom. The van der Waals surface area contributed by atoms with Crippen molar-refractivity contribution in [3.05, 3.63) is 54.4 Å². The molecule has 1 aliphatic rings. The lowest BCUT2D eigenvalue weighted by Gasteiger charge is -2.29. The lowest BCUT2D eigenvalue weighted by molar-refractivity contribution is 0.0521. The van der Waals surface area contributed by atoms with E-state index < -0.39 is 0 Å². The molecule has 6 heteroatoms. The average Bonchev–Trinajstić information content (AvgIpc) is 3.08. The third kappa shape index (κ3) is 2.67. The average molecular weight is 323 g/mol. The molecule has 1 aliphatic heterocycles. The fourth-order valence-electron chi connectivity index (χ4n) is 2.83. The zero-order valence-electron chi connectivity index (χ0n) is 13.2. The number of carbonyl (C=O) groups is 1. The molecule has 2 aromatic carbocycles. The Kier molecular flexibility index (Phi) is 3.57. The Balaban J connectivity index is 1.46. The summed E-state index contributed by atoms with van der Waals surface area (Å²) in [7, 11) is 1.77. The van der Waals surface area contributed by atoms with Crippen LogP contribution in [0.5, 0.6) is 11.5 Å². The Bertz CT molecular complexity index is 890. The molecule has 1 atom stereocenters. The SMILES string of the molecule is CN(CC1COc2ccccc2O1)C(=O)c1ccc2nc[nH]c2c1. The summed E-state index contributed by atoms with van der Waals surface area (Å²) < 4.78 is 11.6. The first-order valence-electron chi connectivity index (χ1n) is 7.78. The smallest absolute Gasteiger partial charge is 0.253 e. The van der Waals surface area contributed by atoms with Crippen molar-refractivity contribution in [2.45, 2.75) is 6.10 Å². The van der Waals surface area contributed by atoms with E-state index in [1.807, 2.05) is 36.4 Å². The lowest BCUT2D eigenvalue weighted by atomic mass is 10.1. The van der Waals surface area contributed by atoms with Gasteiger partial charge in [-0.2, -0.15) is 0 Å². The number of imidazole rings is 1. The van der Waals surface area contributed by atoms with Gasteiger partial charge in [0.05, 0.1) is 23.9 Å². The Morgan fingerprint density at radius 2 is 2.12 bits per heavy atom. The molecule has 1 aromatic heterocycles. The number of hydrogen-bond acceptors (Lipinski definition) is 4. The van der Waals surface area contributed by atoms with Crippen LogP contribution in [0.25, 0.3) is 11.0 Å². The highest BCUT2D eigenvalue weighted by atomic mass is 16.6. The fraction of sp³-hybridized carbons (Fsp3) is 0.222. The van der Waals surface area contributed by atoms with Gasteiger partial charge in [0.25, 0.3) is 5.91 Å². The fourth-order valence-corrected chi connectivity index (χ4v) is 2.83. The van der Waals surface area contributed by atoms with Crippen molar-refractivity contribution in [2.75, 3.05) is 20.2 Å². The number of ether oxygens (including phenoxy) is 2. The molecule has 1 unspecified atom stereocenters. The molecular formula is C18H17N3O3. The van der Waals surface area contributed by atoms with Crippen LogP contribution in [0, 0.1) is 0 Å². The minimum Gasteiger partial charge on any atom is -0.486 e. The van der Waals surface area contributed by atoms with Crippen molar-refractivity contribution in [3.8, 4) is 11.5 Å². The molecule has 3 aromatic rings. The molecule has 2 heterocycles. The van der Waals surface area contributed by atoms with E-state index in [-0.39, 0.29) is 12.0 Å². The van der Waals surface area contributed by atoms with Crippen LogP contribution in [0.4, 0.5) is 0 Å². The maximum Gasteiger partial charge on any atom is 0.253 e. The molecule has 0 saturated heterocycles. The van der Waals surface area contributed by atoms with Gasteiger partial charge in [-0.25, -0.2) is 4.98 Å². The summed E-state index contributed by atoms with van der Waals surface area (Å²) in [5, 5.41) is 0. The summed E-state index contributed by atoms with van der Waals surface area (Å²) in [6, 6.07) is 13.0. The van der Waals surface area contributed by atoms with Gasteiger partial charge in [0.2, 0.25) is 0 Å². The summed E-state index contributed by atoms with van der Waals surface area (Å²) in [6.45, 7) is 0.877. The summed E-state index contributed by atoms with van der Waals surface area (Å²) in [5.41, 5.74) is 2.31. The van der Waals surface area contributed by atoms with Crippen LogP contribution in [0.1, 0.15) is 10.4 Å². The van der Waals surface area contributed by atoms with Gasteiger partial charge in [-0.1, -0.05) is 12.1 Å². The van der Waals surface area contributed by atoms with E-state index in [1.54, 1.807) is 24.3 Å².